The Hall–Kier alpha value is -0.870. The predicted octanol–water partition coefficient (Wildman–Crippen LogP) is 1.28. The Morgan fingerprint density at radius 1 is 1.69 bits per heavy atom. The smallest absolute Gasteiger partial charge is 0.333 e. The molecular weight excluding hydrogens is 208 g/mol. The largest absolute Gasteiger partial charge is 0.466 e. The topological polar surface area (TPSA) is 59.1 Å². The highest BCUT2D eigenvalue weighted by atomic mass is 16.6. The summed E-state index contributed by atoms with van der Waals surface area (Å²) in [7, 11) is 1.36. The average Bonchev–Trinajstić information content (AvgIpc) is 3.04. The van der Waals surface area contributed by atoms with Crippen molar-refractivity contribution in [2.45, 2.75) is 32.8 Å². The quantitative estimate of drug-likeness (QED) is 0.437. The van der Waals surface area contributed by atoms with Gasteiger partial charge in [0.15, 0.2) is 0 Å². The van der Waals surface area contributed by atoms with Gasteiger partial charge >= 0.3 is 5.97 Å². The number of aliphatic hydroxyl groups is 1. The van der Waals surface area contributed by atoms with Crippen LogP contribution in [0.4, 0.5) is 0 Å². The summed E-state index contributed by atoms with van der Waals surface area (Å²) in [5, 5.41) is 9.44. The van der Waals surface area contributed by atoms with Crippen LogP contribution in [0.1, 0.15) is 27.2 Å². The van der Waals surface area contributed by atoms with Crippen molar-refractivity contribution in [3.05, 3.63) is 11.6 Å². The van der Waals surface area contributed by atoms with E-state index >= 15 is 0 Å². The second-order valence-electron chi connectivity index (χ2n) is 4.82. The molecule has 1 N–H and O–H groups in total. The van der Waals surface area contributed by atoms with Crippen LogP contribution in [0.5, 0.6) is 0 Å². The van der Waals surface area contributed by atoms with Gasteiger partial charge in [0.1, 0.15) is 0 Å². The Morgan fingerprint density at radius 3 is 2.62 bits per heavy atom. The van der Waals surface area contributed by atoms with Gasteiger partial charge in [-0.1, -0.05) is 13.0 Å². The normalized spacial score (nSPS) is 28.4. The lowest BCUT2D eigenvalue weighted by atomic mass is 9.75. The van der Waals surface area contributed by atoms with Crippen LogP contribution in [0.2, 0.25) is 0 Å². The minimum atomic E-state index is -0.345. The van der Waals surface area contributed by atoms with Gasteiger partial charge in [-0.15, -0.1) is 0 Å². The van der Waals surface area contributed by atoms with Crippen molar-refractivity contribution in [1.29, 1.82) is 0 Å². The lowest BCUT2D eigenvalue weighted by Gasteiger charge is -2.30. The monoisotopic (exact) mass is 228 g/mol. The van der Waals surface area contributed by atoms with Gasteiger partial charge in [0, 0.05) is 11.0 Å². The van der Waals surface area contributed by atoms with Gasteiger partial charge in [-0.25, -0.2) is 4.79 Å². The van der Waals surface area contributed by atoms with Crippen molar-refractivity contribution in [2.24, 2.45) is 5.41 Å². The number of epoxide rings is 1. The maximum Gasteiger partial charge on any atom is 0.333 e. The van der Waals surface area contributed by atoms with E-state index in [1.165, 1.54) is 7.11 Å². The first-order valence-corrected chi connectivity index (χ1v) is 5.38. The molecule has 1 aliphatic rings. The van der Waals surface area contributed by atoms with Gasteiger partial charge in [0.05, 0.1) is 25.9 Å². The molecule has 0 amide bonds. The third-order valence-electron chi connectivity index (χ3n) is 3.57. The fraction of sp³-hybridized carbons (Fsp3) is 0.750. The van der Waals surface area contributed by atoms with Crippen LogP contribution < -0.4 is 0 Å². The van der Waals surface area contributed by atoms with Crippen LogP contribution in [0, 0.1) is 5.41 Å². The zero-order valence-electron chi connectivity index (χ0n) is 10.4. The number of hydrogen-bond donors (Lipinski definition) is 1. The van der Waals surface area contributed by atoms with E-state index < -0.39 is 0 Å². The molecule has 0 aromatic rings. The number of esters is 1. The molecule has 0 aliphatic carbocycles. The van der Waals surface area contributed by atoms with E-state index in [2.05, 4.69) is 4.74 Å². The molecule has 4 heteroatoms. The van der Waals surface area contributed by atoms with E-state index in [0.717, 1.165) is 0 Å². The first-order valence-electron chi connectivity index (χ1n) is 5.38. The van der Waals surface area contributed by atoms with Crippen LogP contribution in [-0.4, -0.2) is 37.0 Å². The summed E-state index contributed by atoms with van der Waals surface area (Å²) in [6.45, 7) is 6.34. The fourth-order valence-electron chi connectivity index (χ4n) is 1.53. The van der Waals surface area contributed by atoms with Gasteiger partial charge in [-0.05, 0) is 20.3 Å². The van der Waals surface area contributed by atoms with Crippen LogP contribution in [0.25, 0.3) is 0 Å². The molecule has 0 aromatic carbocycles. The van der Waals surface area contributed by atoms with Crippen LogP contribution in [0.3, 0.4) is 0 Å². The Balaban J connectivity index is 2.68. The van der Waals surface area contributed by atoms with Crippen molar-refractivity contribution in [2.75, 3.05) is 20.3 Å². The molecule has 1 rings (SSSR count). The van der Waals surface area contributed by atoms with E-state index in [9.17, 15) is 9.90 Å². The molecule has 4 nitrogen and oxygen atoms in total. The van der Waals surface area contributed by atoms with E-state index in [1.807, 2.05) is 13.8 Å². The lowest BCUT2D eigenvalue weighted by Crippen LogP contribution is -2.36. The first-order chi connectivity index (χ1) is 7.38. The van der Waals surface area contributed by atoms with E-state index in [-0.39, 0.29) is 23.6 Å². The molecule has 1 fully saturated rings. The summed E-state index contributed by atoms with van der Waals surface area (Å²) in [4.78, 5) is 11.2. The number of carbonyl (C=O) groups is 1. The molecule has 16 heavy (non-hydrogen) atoms. The van der Waals surface area contributed by atoms with Crippen molar-refractivity contribution in [1.82, 2.24) is 0 Å². The zero-order chi connectivity index (χ0) is 12.4. The molecule has 2 atom stereocenters. The molecule has 0 saturated carbocycles. The van der Waals surface area contributed by atoms with Gasteiger partial charge in [-0.3, -0.25) is 0 Å². The Labute approximate surface area is 96.2 Å². The summed E-state index contributed by atoms with van der Waals surface area (Å²) < 4.78 is 9.98. The molecular formula is C12H20O4. The van der Waals surface area contributed by atoms with Crippen LogP contribution >= 0.6 is 0 Å². The van der Waals surface area contributed by atoms with Crippen LogP contribution in [0.15, 0.2) is 11.6 Å². The Morgan fingerprint density at radius 2 is 2.25 bits per heavy atom. The first kappa shape index (κ1) is 13.2. The highest BCUT2D eigenvalue weighted by molar-refractivity contribution is 5.87. The minimum absolute atomic E-state index is 0.0362. The molecule has 1 unspecified atom stereocenters. The summed E-state index contributed by atoms with van der Waals surface area (Å²) >= 11 is 0. The highest BCUT2D eigenvalue weighted by Gasteiger charge is 2.54. The third kappa shape index (κ3) is 2.44. The maximum atomic E-state index is 11.2. The number of allylic oxidation sites excluding steroid dienone is 1. The third-order valence-corrected chi connectivity index (χ3v) is 3.57. The molecule has 1 saturated heterocycles. The predicted molar refractivity (Wildman–Crippen MR) is 59.9 cm³/mol. The molecule has 1 aliphatic heterocycles. The van der Waals surface area contributed by atoms with Crippen molar-refractivity contribution in [3.8, 4) is 0 Å². The van der Waals surface area contributed by atoms with Gasteiger partial charge in [0.25, 0.3) is 0 Å². The standard InChI is InChI=1S/C12H20O4/c1-9(10(14)15-4)5-6-11(2,7-13)12(3)8-16-12/h5,13H,6-8H2,1-4H3/b9-5-/t11-,12?/m1/s1. The second-order valence-corrected chi connectivity index (χ2v) is 4.82. The summed E-state index contributed by atoms with van der Waals surface area (Å²) in [5.41, 5.74) is -0.0527. The van der Waals surface area contributed by atoms with Crippen molar-refractivity contribution >= 4 is 5.97 Å². The molecule has 0 spiro atoms. The van der Waals surface area contributed by atoms with E-state index in [1.54, 1.807) is 13.0 Å². The zero-order valence-corrected chi connectivity index (χ0v) is 10.4. The average molecular weight is 228 g/mol. The van der Waals surface area contributed by atoms with Gasteiger partial charge < -0.3 is 14.6 Å². The van der Waals surface area contributed by atoms with Crippen molar-refractivity contribution < 1.29 is 19.4 Å². The SMILES string of the molecule is COC(=O)/C(C)=C\C[C@](C)(CO)C1(C)CO1. The minimum Gasteiger partial charge on any atom is -0.466 e. The molecule has 0 radical (unpaired) electrons. The van der Waals surface area contributed by atoms with Gasteiger partial charge in [0.2, 0.25) is 0 Å². The number of aliphatic hydroxyl groups excluding tert-OH is 1. The lowest BCUT2D eigenvalue weighted by molar-refractivity contribution is -0.136. The Bertz CT molecular complexity index is 304. The summed E-state index contributed by atoms with van der Waals surface area (Å²) in [6.07, 6.45) is 2.40. The number of hydrogen-bond acceptors (Lipinski definition) is 4. The molecule has 0 bridgehead atoms. The molecule has 1 heterocycles. The van der Waals surface area contributed by atoms with Gasteiger partial charge in [-0.2, -0.15) is 0 Å². The van der Waals surface area contributed by atoms with E-state index in [0.29, 0.717) is 18.6 Å². The number of rotatable bonds is 5. The molecule has 92 valence electrons. The number of carbonyl (C=O) groups excluding carboxylic acids is 1. The number of ether oxygens (including phenoxy) is 2. The molecule has 0 aromatic heterocycles. The maximum absolute atomic E-state index is 11.2. The number of methoxy groups -OCH3 is 1. The Kier molecular flexibility index (Phi) is 3.76. The summed E-state index contributed by atoms with van der Waals surface area (Å²) in [5.74, 6) is -0.331. The highest BCUT2D eigenvalue weighted by Crippen LogP contribution is 2.46. The van der Waals surface area contributed by atoms with E-state index in [4.69, 9.17) is 4.74 Å². The van der Waals surface area contributed by atoms with Crippen molar-refractivity contribution in [3.63, 3.8) is 0 Å². The fourth-order valence-corrected chi connectivity index (χ4v) is 1.53. The van der Waals surface area contributed by atoms with Crippen LogP contribution in [-0.2, 0) is 14.3 Å². The second kappa shape index (κ2) is 4.55. The summed E-state index contributed by atoms with van der Waals surface area (Å²) in [6, 6.07) is 0.